The average Bonchev–Trinajstić information content (AvgIpc) is 3.44. The number of rotatable bonds is 7. The molecule has 0 saturated heterocycles. The third-order valence-electron chi connectivity index (χ3n) is 10.7. The summed E-state index contributed by atoms with van der Waals surface area (Å²) >= 11 is 0. The third kappa shape index (κ3) is 4.99. The van der Waals surface area contributed by atoms with Crippen LogP contribution in [0.5, 0.6) is 5.75 Å². The van der Waals surface area contributed by atoms with Crippen LogP contribution in [0.4, 0.5) is 0 Å². The maximum Gasteiger partial charge on any atom is 0.255 e. The minimum absolute atomic E-state index is 0.00182. The van der Waals surface area contributed by atoms with Crippen molar-refractivity contribution < 1.29 is 44.4 Å². The van der Waals surface area contributed by atoms with Gasteiger partial charge in [-0.15, -0.1) is 0 Å². The molecule has 0 radical (unpaired) electrons. The molecular weight excluding hydrogens is 592 g/mol. The van der Waals surface area contributed by atoms with Crippen molar-refractivity contribution in [3.63, 3.8) is 0 Å². The van der Waals surface area contributed by atoms with Crippen LogP contribution < -0.4 is 5.73 Å². The van der Waals surface area contributed by atoms with Crippen LogP contribution in [0.25, 0.3) is 5.76 Å². The molecule has 1 aromatic rings. The second kappa shape index (κ2) is 11.5. The predicted molar refractivity (Wildman–Crippen MR) is 167 cm³/mol. The molecule has 3 unspecified atom stereocenters. The summed E-state index contributed by atoms with van der Waals surface area (Å²) in [6, 6.07) is 3.27. The molecule has 0 spiro atoms. The number of Topliss-reactive ketones (excluding diaryl/α,β-unsaturated/α-hetero) is 4. The van der Waals surface area contributed by atoms with Gasteiger partial charge in [0, 0.05) is 42.1 Å². The molecule has 46 heavy (non-hydrogen) atoms. The van der Waals surface area contributed by atoms with E-state index in [0.29, 0.717) is 31.2 Å². The van der Waals surface area contributed by atoms with Gasteiger partial charge in [0.05, 0.1) is 11.6 Å². The van der Waals surface area contributed by atoms with Crippen LogP contribution in [-0.4, -0.2) is 80.1 Å². The highest BCUT2D eigenvalue weighted by molar-refractivity contribution is 6.24. The standard InChI is InChI=1S/C35H44N2O9/c1-15-16-9-8-12-20(38)24(16)29(41)25-23(15)19(13-21(39)17-10-7-11-18(17)22(40)14-34(2,3)4)27-28(37(5)6)30(42)26(33(36)45)32(44)35(27,46)31(25)43/h8-9,12,15,17-19,23,27-28,38,41,44,46H,7,10-11,13-14H2,1-6H3,(H2,36,45)/t15-,17?,18?,19-,23-,27-,28?,35-/m0/s1. The topological polar surface area (TPSA) is 196 Å². The fraction of sp³-hybridized carbons (Fsp3) is 0.571. The summed E-state index contributed by atoms with van der Waals surface area (Å²) in [7, 11) is 3.04. The first-order valence-electron chi connectivity index (χ1n) is 15.9. The molecule has 248 valence electrons. The summed E-state index contributed by atoms with van der Waals surface area (Å²) in [5, 5.41) is 46.1. The molecule has 2 fully saturated rings. The number of aliphatic hydroxyl groups excluding tert-OH is 2. The third-order valence-corrected chi connectivity index (χ3v) is 10.7. The van der Waals surface area contributed by atoms with Crippen molar-refractivity contribution in [1.29, 1.82) is 0 Å². The number of phenolic OH excluding ortho intramolecular Hbond substituents is 1. The van der Waals surface area contributed by atoms with Gasteiger partial charge in [-0.1, -0.05) is 46.2 Å². The lowest BCUT2D eigenvalue weighted by atomic mass is 9.50. The Bertz CT molecular complexity index is 1600. The van der Waals surface area contributed by atoms with Crippen molar-refractivity contribution in [2.45, 2.75) is 77.4 Å². The van der Waals surface area contributed by atoms with E-state index in [0.717, 1.165) is 0 Å². The summed E-state index contributed by atoms with van der Waals surface area (Å²) in [5.74, 6) is -10.9. The first kappa shape index (κ1) is 33.5. The molecule has 11 heteroatoms. The van der Waals surface area contributed by atoms with Gasteiger partial charge in [-0.2, -0.15) is 0 Å². The number of carbonyl (C=O) groups is 5. The number of amides is 1. The van der Waals surface area contributed by atoms with E-state index in [-0.39, 0.29) is 40.3 Å². The summed E-state index contributed by atoms with van der Waals surface area (Å²) in [4.78, 5) is 69.9. The SMILES string of the molecule is C[C@H]1c2cccc(O)c2C(O)=C2C(=O)[C@]3(O)C(O)=C(C(N)=O)C(=O)C(N(C)C)[C@@H]3[C@@H](CC(=O)C3CCCC3C(=O)CC(C)(C)C)[C@@H]21. The Kier molecular flexibility index (Phi) is 8.35. The van der Waals surface area contributed by atoms with Gasteiger partial charge >= 0.3 is 0 Å². The van der Waals surface area contributed by atoms with Crippen LogP contribution in [0.3, 0.4) is 0 Å². The number of aromatic hydroxyl groups is 1. The van der Waals surface area contributed by atoms with Gasteiger partial charge in [-0.25, -0.2) is 0 Å². The van der Waals surface area contributed by atoms with Gasteiger partial charge in [0.15, 0.2) is 11.4 Å². The van der Waals surface area contributed by atoms with Gasteiger partial charge in [0.1, 0.15) is 34.4 Å². The molecule has 1 amide bonds. The molecule has 0 aliphatic heterocycles. The largest absolute Gasteiger partial charge is 0.508 e. The summed E-state index contributed by atoms with van der Waals surface area (Å²) in [5.41, 5.74) is 1.56. The van der Waals surface area contributed by atoms with E-state index in [9.17, 15) is 44.4 Å². The molecule has 2 saturated carbocycles. The predicted octanol–water partition coefficient (Wildman–Crippen LogP) is 3.13. The Labute approximate surface area is 268 Å². The summed E-state index contributed by atoms with van der Waals surface area (Å²) < 4.78 is 0. The van der Waals surface area contributed by atoms with E-state index >= 15 is 0 Å². The number of hydrogen-bond acceptors (Lipinski definition) is 10. The van der Waals surface area contributed by atoms with Gasteiger partial charge in [0.25, 0.3) is 5.91 Å². The number of phenols is 1. The van der Waals surface area contributed by atoms with Crippen molar-refractivity contribution in [1.82, 2.24) is 4.90 Å². The van der Waals surface area contributed by atoms with Crippen LogP contribution in [0.1, 0.15) is 76.8 Å². The molecule has 5 rings (SSSR count). The highest BCUT2D eigenvalue weighted by Gasteiger charge is 2.68. The second-order valence-electron chi connectivity index (χ2n) is 15.0. The zero-order chi connectivity index (χ0) is 34.2. The zero-order valence-electron chi connectivity index (χ0n) is 27.2. The van der Waals surface area contributed by atoms with Crippen molar-refractivity contribution >= 4 is 34.8 Å². The average molecular weight is 637 g/mol. The molecule has 8 atom stereocenters. The number of carbonyl (C=O) groups excluding carboxylic acids is 5. The molecule has 1 aromatic carbocycles. The Morgan fingerprint density at radius 2 is 1.63 bits per heavy atom. The molecule has 11 nitrogen and oxygen atoms in total. The lowest BCUT2D eigenvalue weighted by Crippen LogP contribution is -2.69. The molecule has 0 heterocycles. The van der Waals surface area contributed by atoms with E-state index < -0.39 is 81.7 Å². The number of fused-ring (bicyclic) bond motifs is 3. The van der Waals surface area contributed by atoms with E-state index in [4.69, 9.17) is 5.73 Å². The van der Waals surface area contributed by atoms with Gasteiger partial charge in [0.2, 0.25) is 5.78 Å². The number of nitrogens with two attached hydrogens (primary N) is 1. The highest BCUT2D eigenvalue weighted by atomic mass is 16.3. The normalized spacial score (nSPS) is 32.7. The maximum absolute atomic E-state index is 14.5. The lowest BCUT2D eigenvalue weighted by molar-refractivity contribution is -0.163. The molecule has 6 N–H and O–H groups in total. The van der Waals surface area contributed by atoms with Crippen LogP contribution in [-0.2, 0) is 24.0 Å². The highest BCUT2D eigenvalue weighted by Crippen LogP contribution is 2.59. The lowest BCUT2D eigenvalue weighted by Gasteiger charge is -2.55. The molecule has 0 bridgehead atoms. The number of ketones is 4. The number of primary amides is 1. The Morgan fingerprint density at radius 3 is 2.20 bits per heavy atom. The van der Waals surface area contributed by atoms with E-state index in [2.05, 4.69) is 0 Å². The van der Waals surface area contributed by atoms with Crippen LogP contribution in [0.15, 0.2) is 35.1 Å². The maximum atomic E-state index is 14.5. The number of benzene rings is 1. The minimum atomic E-state index is -2.91. The van der Waals surface area contributed by atoms with Crippen molar-refractivity contribution in [3.05, 3.63) is 46.2 Å². The molecule has 0 aromatic heterocycles. The monoisotopic (exact) mass is 636 g/mol. The van der Waals surface area contributed by atoms with Crippen LogP contribution in [0.2, 0.25) is 0 Å². The van der Waals surface area contributed by atoms with Crippen molar-refractivity contribution in [3.8, 4) is 5.75 Å². The van der Waals surface area contributed by atoms with Gasteiger partial charge in [-0.05, 0) is 55.8 Å². The molecule has 4 aliphatic carbocycles. The zero-order valence-corrected chi connectivity index (χ0v) is 27.2. The molecular formula is C35H44N2O9. The smallest absolute Gasteiger partial charge is 0.255 e. The van der Waals surface area contributed by atoms with Crippen molar-refractivity contribution in [2.24, 2.45) is 40.7 Å². The van der Waals surface area contributed by atoms with Crippen LogP contribution in [0, 0.1) is 35.0 Å². The van der Waals surface area contributed by atoms with E-state index in [1.165, 1.54) is 25.1 Å². The summed E-state index contributed by atoms with van der Waals surface area (Å²) in [6.07, 6.45) is 1.74. The van der Waals surface area contributed by atoms with E-state index in [1.54, 1.807) is 19.1 Å². The van der Waals surface area contributed by atoms with Crippen molar-refractivity contribution in [2.75, 3.05) is 14.1 Å². The Balaban J connectivity index is 1.72. The fourth-order valence-electron chi connectivity index (χ4n) is 8.83. The van der Waals surface area contributed by atoms with Gasteiger partial charge in [-0.3, -0.25) is 28.9 Å². The fourth-order valence-corrected chi connectivity index (χ4v) is 8.83. The Morgan fingerprint density at radius 1 is 1.02 bits per heavy atom. The van der Waals surface area contributed by atoms with E-state index in [1.807, 2.05) is 20.8 Å². The minimum Gasteiger partial charge on any atom is -0.508 e. The Hall–Kier alpha value is -3.83. The number of likely N-dealkylation sites (N-methyl/N-ethyl adjacent to an activating group) is 1. The number of hydrogen-bond donors (Lipinski definition) is 5. The number of aliphatic hydroxyl groups is 3. The van der Waals surface area contributed by atoms with Gasteiger partial charge < -0.3 is 26.2 Å². The second-order valence-corrected chi connectivity index (χ2v) is 15.0. The first-order chi connectivity index (χ1) is 21.3. The molecule has 4 aliphatic rings. The van der Waals surface area contributed by atoms with Crippen LogP contribution >= 0.6 is 0 Å². The number of nitrogens with zero attached hydrogens (tertiary/aromatic N) is 1. The summed E-state index contributed by atoms with van der Waals surface area (Å²) in [6.45, 7) is 7.64. The quantitative estimate of drug-likeness (QED) is 0.277. The first-order valence-corrected chi connectivity index (χ1v) is 15.9.